The van der Waals surface area contributed by atoms with Gasteiger partial charge in [-0.2, -0.15) is 0 Å². The molecule has 2 amide bonds. The summed E-state index contributed by atoms with van der Waals surface area (Å²) < 4.78 is 0. The summed E-state index contributed by atoms with van der Waals surface area (Å²) in [4.78, 5) is 20.5. The Hall–Kier alpha value is -0.643. The van der Waals surface area contributed by atoms with Crippen molar-refractivity contribution in [1.82, 2.24) is 5.32 Å². The van der Waals surface area contributed by atoms with E-state index in [0.29, 0.717) is 12.5 Å². The molecule has 1 N–H and O–H groups in total. The van der Waals surface area contributed by atoms with Crippen LogP contribution in [-0.2, 0) is 9.59 Å². The molecule has 0 aromatic carbocycles. The van der Waals surface area contributed by atoms with E-state index in [2.05, 4.69) is 25.0 Å². The van der Waals surface area contributed by atoms with Crippen LogP contribution in [0.1, 0.15) is 0 Å². The van der Waals surface area contributed by atoms with Gasteiger partial charge in [0, 0.05) is 6.04 Å². The summed E-state index contributed by atoms with van der Waals surface area (Å²) in [5, 5.41) is 2.12. The van der Waals surface area contributed by atoms with Crippen molar-refractivity contribution in [3.8, 4) is 0 Å². The molecule has 0 bridgehead atoms. The van der Waals surface area contributed by atoms with Gasteiger partial charge in [-0.05, 0) is 0 Å². The fourth-order valence-electron chi connectivity index (χ4n) is 0.598. The van der Waals surface area contributed by atoms with E-state index in [1.54, 1.807) is 0 Å². The van der Waals surface area contributed by atoms with Crippen LogP contribution in [0.15, 0.2) is 0 Å². The number of imide groups is 1. The van der Waals surface area contributed by atoms with Crippen LogP contribution < -0.4 is 5.32 Å². The van der Waals surface area contributed by atoms with Crippen LogP contribution in [0.25, 0.3) is 0 Å². The molecule has 0 aliphatic carbocycles. The Balaban J connectivity index is 3.68. The minimum absolute atomic E-state index is 0.158. The van der Waals surface area contributed by atoms with Gasteiger partial charge in [0.05, 0.1) is 8.07 Å². The minimum atomic E-state index is -1.33. The molecule has 0 aliphatic rings. The van der Waals surface area contributed by atoms with E-state index in [0.717, 1.165) is 0 Å². The van der Waals surface area contributed by atoms with Gasteiger partial charge in [-0.1, -0.05) is 19.6 Å². The molecule has 0 aromatic heterocycles. The van der Waals surface area contributed by atoms with Crippen molar-refractivity contribution in [3.63, 3.8) is 0 Å². The summed E-state index contributed by atoms with van der Waals surface area (Å²) in [5.41, 5.74) is 0. The van der Waals surface area contributed by atoms with Crippen LogP contribution in [0, 0.1) is 0 Å². The minimum Gasteiger partial charge on any atom is -0.299 e. The van der Waals surface area contributed by atoms with Crippen molar-refractivity contribution in [2.24, 2.45) is 0 Å². The van der Waals surface area contributed by atoms with Crippen LogP contribution in [0.5, 0.6) is 0 Å². The molecule has 0 heterocycles. The lowest BCUT2D eigenvalue weighted by atomic mass is 10.7. The molecule has 0 spiro atoms. The first kappa shape index (κ1) is 9.36. The van der Waals surface area contributed by atoms with Crippen molar-refractivity contribution in [2.45, 2.75) is 25.7 Å². The van der Waals surface area contributed by atoms with Crippen molar-refractivity contribution in [3.05, 3.63) is 0 Å². The molecule has 0 fully saturated rings. The molecular formula is C6H13NO2Si. The Labute approximate surface area is 61.8 Å². The molecule has 4 heteroatoms. The van der Waals surface area contributed by atoms with Gasteiger partial charge in [-0.15, -0.1) is 0 Å². The first-order chi connectivity index (χ1) is 4.45. The average molecular weight is 159 g/mol. The molecule has 10 heavy (non-hydrogen) atoms. The highest BCUT2D eigenvalue weighted by Gasteiger charge is 2.17. The van der Waals surface area contributed by atoms with E-state index in [1.807, 2.05) is 0 Å². The fraction of sp³-hybridized carbons (Fsp3) is 0.667. The third kappa shape index (κ3) is 5.49. The van der Waals surface area contributed by atoms with Crippen LogP contribution in [0.3, 0.4) is 0 Å². The predicted octanol–water partition coefficient (Wildman–Crippen LogP) is 0.597. The highest BCUT2D eigenvalue weighted by molar-refractivity contribution is 6.78. The molecular weight excluding hydrogens is 146 g/mol. The number of hydrogen-bond donors (Lipinski definition) is 1. The summed E-state index contributed by atoms with van der Waals surface area (Å²) in [6.45, 7) is 6.24. The van der Waals surface area contributed by atoms with E-state index in [-0.39, 0.29) is 5.91 Å². The summed E-state index contributed by atoms with van der Waals surface area (Å²) in [7, 11) is -1.33. The zero-order chi connectivity index (χ0) is 8.20. The molecule has 0 unspecified atom stereocenters. The largest absolute Gasteiger partial charge is 0.299 e. The molecule has 0 saturated carbocycles. The third-order valence-corrected chi connectivity index (χ3v) is 2.29. The van der Waals surface area contributed by atoms with Gasteiger partial charge in [-0.3, -0.25) is 14.9 Å². The molecule has 0 aromatic rings. The normalized spacial score (nSPS) is 10.7. The lowest BCUT2D eigenvalue weighted by Gasteiger charge is -2.12. The summed E-state index contributed by atoms with van der Waals surface area (Å²) in [6, 6.07) is 0.520. The zero-order valence-electron chi connectivity index (χ0n) is 6.60. The quantitative estimate of drug-likeness (QED) is 0.484. The molecule has 0 aliphatic heterocycles. The smallest absolute Gasteiger partial charge is 0.223 e. The van der Waals surface area contributed by atoms with E-state index >= 15 is 0 Å². The molecule has 3 nitrogen and oxygen atoms in total. The Morgan fingerprint density at radius 3 is 2.30 bits per heavy atom. The van der Waals surface area contributed by atoms with Gasteiger partial charge >= 0.3 is 0 Å². The third-order valence-electron chi connectivity index (χ3n) is 0.911. The SMILES string of the molecule is C[Si](C)(C)CC(=O)NC=O. The number of hydrogen-bond acceptors (Lipinski definition) is 2. The molecule has 0 radical (unpaired) electrons. The maximum Gasteiger partial charge on any atom is 0.223 e. The summed E-state index contributed by atoms with van der Waals surface area (Å²) >= 11 is 0. The monoisotopic (exact) mass is 159 g/mol. The molecule has 58 valence electrons. The van der Waals surface area contributed by atoms with Gasteiger partial charge in [-0.25, -0.2) is 0 Å². The van der Waals surface area contributed by atoms with Crippen LogP contribution in [-0.4, -0.2) is 20.4 Å². The number of amides is 2. The Morgan fingerprint density at radius 1 is 1.50 bits per heavy atom. The van der Waals surface area contributed by atoms with Crippen LogP contribution in [0.2, 0.25) is 25.7 Å². The molecule has 0 saturated heterocycles. The second-order valence-corrected chi connectivity index (χ2v) is 8.90. The Kier molecular flexibility index (Phi) is 3.28. The Morgan fingerprint density at radius 2 is 2.00 bits per heavy atom. The van der Waals surface area contributed by atoms with Gasteiger partial charge < -0.3 is 0 Å². The second-order valence-electron chi connectivity index (χ2n) is 3.42. The zero-order valence-corrected chi connectivity index (χ0v) is 7.60. The summed E-state index contributed by atoms with van der Waals surface area (Å²) in [5.74, 6) is -0.158. The fourth-order valence-corrected chi connectivity index (χ4v) is 1.66. The Bertz CT molecular complexity index is 139. The van der Waals surface area contributed by atoms with Crippen molar-refractivity contribution in [2.75, 3.05) is 0 Å². The topological polar surface area (TPSA) is 46.2 Å². The van der Waals surface area contributed by atoms with Crippen molar-refractivity contribution >= 4 is 20.4 Å². The van der Waals surface area contributed by atoms with E-state index in [4.69, 9.17) is 0 Å². The van der Waals surface area contributed by atoms with Crippen molar-refractivity contribution < 1.29 is 9.59 Å². The van der Waals surface area contributed by atoms with Crippen molar-refractivity contribution in [1.29, 1.82) is 0 Å². The highest BCUT2D eigenvalue weighted by Crippen LogP contribution is 2.06. The number of carbonyl (C=O) groups excluding carboxylic acids is 2. The molecule has 0 atom stereocenters. The number of carbonyl (C=O) groups is 2. The molecule has 0 rings (SSSR count). The number of nitrogens with one attached hydrogen (secondary N) is 1. The predicted molar refractivity (Wildman–Crippen MR) is 42.4 cm³/mol. The van der Waals surface area contributed by atoms with Gasteiger partial charge in [0.15, 0.2) is 0 Å². The summed E-state index contributed by atoms with van der Waals surface area (Å²) in [6.07, 6.45) is 0.433. The highest BCUT2D eigenvalue weighted by atomic mass is 28.3. The van der Waals surface area contributed by atoms with E-state index < -0.39 is 8.07 Å². The average Bonchev–Trinajstić information content (AvgIpc) is 1.59. The lowest BCUT2D eigenvalue weighted by molar-refractivity contribution is -0.123. The van der Waals surface area contributed by atoms with Gasteiger partial charge in [0.25, 0.3) is 0 Å². The van der Waals surface area contributed by atoms with Crippen LogP contribution >= 0.6 is 0 Å². The second kappa shape index (κ2) is 3.51. The number of rotatable bonds is 3. The maximum absolute atomic E-state index is 10.8. The standard InChI is InChI=1S/C6H13NO2Si/c1-10(2,3)4-6(9)7-5-8/h5H,4H2,1-3H3,(H,7,8,9). The van der Waals surface area contributed by atoms with E-state index in [9.17, 15) is 9.59 Å². The first-order valence-corrected chi connectivity index (χ1v) is 6.89. The van der Waals surface area contributed by atoms with E-state index in [1.165, 1.54) is 0 Å². The lowest BCUT2D eigenvalue weighted by Crippen LogP contribution is -2.31. The maximum atomic E-state index is 10.8. The van der Waals surface area contributed by atoms with Crippen LogP contribution in [0.4, 0.5) is 0 Å². The van der Waals surface area contributed by atoms with Gasteiger partial charge in [0.2, 0.25) is 12.3 Å². The van der Waals surface area contributed by atoms with Gasteiger partial charge in [0.1, 0.15) is 0 Å². The first-order valence-electron chi connectivity index (χ1n) is 3.19.